The standard InChI is InChI=1S/C56H51N3OSi/c1-3-24-43(25-4-1)61(44-26-5-2-6-27-44,45-28-17-23-42(37-45)58-50-33-14-15-34-51(50)59-49-32-13-12-31-48(49)57-55(58)59)53-36-18-30-47-54(53)60-52-35-16-11-29-46(52)56(47,38-40-19-7-8-20-40)39-41-21-9-10-22-41/h1-6,11-18,23-37,40-41H,7-10,19-22,38-39H2/i38D2,39D2. The predicted molar refractivity (Wildman–Crippen MR) is 254 cm³/mol. The molecule has 0 amide bonds. The highest BCUT2D eigenvalue weighted by Crippen LogP contribution is 2.56. The van der Waals surface area contributed by atoms with E-state index in [1.165, 1.54) is 0 Å². The molecule has 300 valence electrons. The molecule has 0 atom stereocenters. The molecule has 4 nitrogen and oxygen atoms in total. The van der Waals surface area contributed by atoms with Crippen LogP contribution in [0.2, 0.25) is 0 Å². The number of fused-ring (bicyclic) bond motifs is 7. The van der Waals surface area contributed by atoms with Gasteiger partial charge in [0, 0.05) is 27.7 Å². The Labute approximate surface area is 365 Å². The monoisotopic (exact) mass is 813 g/mol. The molecule has 61 heavy (non-hydrogen) atoms. The highest BCUT2D eigenvalue weighted by molar-refractivity contribution is 7.20. The molecule has 2 aliphatic carbocycles. The van der Waals surface area contributed by atoms with Crippen LogP contribution in [-0.2, 0) is 5.41 Å². The van der Waals surface area contributed by atoms with Gasteiger partial charge in [0.25, 0.3) is 0 Å². The van der Waals surface area contributed by atoms with E-state index in [2.05, 4.69) is 148 Å². The van der Waals surface area contributed by atoms with Crippen molar-refractivity contribution in [2.24, 2.45) is 11.8 Å². The third-order valence-corrected chi connectivity index (χ3v) is 18.7. The second-order valence-corrected chi connectivity index (χ2v) is 21.1. The summed E-state index contributed by atoms with van der Waals surface area (Å²) in [4.78, 5) is 5.25. The maximum absolute atomic E-state index is 10.6. The second-order valence-electron chi connectivity index (χ2n) is 17.4. The number of ether oxygens (including phenoxy) is 1. The number of aromatic nitrogens is 3. The van der Waals surface area contributed by atoms with Crippen molar-refractivity contribution in [1.29, 1.82) is 0 Å². The number of benzene rings is 7. The fraction of sp³-hybridized carbons (Fsp3) is 0.232. The minimum atomic E-state index is -3.47. The summed E-state index contributed by atoms with van der Waals surface area (Å²) in [6.45, 7) is 0. The lowest BCUT2D eigenvalue weighted by Gasteiger charge is -2.46. The Balaban J connectivity index is 1.20. The van der Waals surface area contributed by atoms with Gasteiger partial charge in [-0.1, -0.05) is 185 Å². The van der Waals surface area contributed by atoms with Crippen LogP contribution in [0.25, 0.3) is 33.5 Å². The molecule has 2 fully saturated rings. The Hall–Kier alpha value is -6.17. The maximum atomic E-state index is 10.6. The highest BCUT2D eigenvalue weighted by atomic mass is 28.3. The lowest BCUT2D eigenvalue weighted by Crippen LogP contribution is -2.75. The lowest BCUT2D eigenvalue weighted by molar-refractivity contribution is 0.270. The van der Waals surface area contributed by atoms with Gasteiger partial charge in [-0.05, 0) is 87.8 Å². The smallest absolute Gasteiger partial charge is 0.220 e. The van der Waals surface area contributed by atoms with Crippen LogP contribution in [0.1, 0.15) is 80.7 Å². The van der Waals surface area contributed by atoms with Crippen LogP contribution in [0.15, 0.2) is 176 Å². The van der Waals surface area contributed by atoms with Crippen LogP contribution in [0.5, 0.6) is 11.5 Å². The van der Waals surface area contributed by atoms with Crippen LogP contribution in [0.3, 0.4) is 0 Å². The van der Waals surface area contributed by atoms with Crippen molar-refractivity contribution in [3.05, 3.63) is 187 Å². The molecule has 0 radical (unpaired) electrons. The average Bonchev–Trinajstić information content (AvgIpc) is 4.19. The van der Waals surface area contributed by atoms with Gasteiger partial charge in [0.15, 0.2) is 8.07 Å². The van der Waals surface area contributed by atoms with Gasteiger partial charge >= 0.3 is 0 Å². The van der Waals surface area contributed by atoms with E-state index in [1.807, 2.05) is 36.4 Å². The van der Waals surface area contributed by atoms with Crippen LogP contribution in [0, 0.1) is 11.8 Å². The second kappa shape index (κ2) is 14.8. The van der Waals surface area contributed by atoms with Gasteiger partial charge < -0.3 is 4.74 Å². The van der Waals surface area contributed by atoms with Crippen molar-refractivity contribution < 1.29 is 10.2 Å². The SMILES string of the molecule is [2H]C([2H])(C1CCCC1)C1(C([2H])([2H])C2CCCC2)c2ccccc2Oc2c1cccc2[Si](c1ccccc1)(c1ccccc1)c1cccc(-n2c3ccccc3n3c4ccccc4nc23)c1. The third-order valence-electron chi connectivity index (χ3n) is 13.9. The van der Waals surface area contributed by atoms with Gasteiger partial charge in [0.2, 0.25) is 5.78 Å². The first-order chi connectivity index (χ1) is 31.8. The Morgan fingerprint density at radius 3 is 1.82 bits per heavy atom. The molecule has 3 aliphatic rings. The van der Waals surface area contributed by atoms with Gasteiger partial charge in [0.05, 0.1) is 22.1 Å². The van der Waals surface area contributed by atoms with E-state index in [9.17, 15) is 5.48 Å². The highest BCUT2D eigenvalue weighted by Gasteiger charge is 2.50. The number of rotatable bonds is 9. The molecule has 0 spiro atoms. The van der Waals surface area contributed by atoms with Crippen molar-refractivity contribution in [2.75, 3.05) is 0 Å². The zero-order valence-electron chi connectivity index (χ0n) is 38.3. The summed E-state index contributed by atoms with van der Waals surface area (Å²) < 4.78 is 54.4. The van der Waals surface area contributed by atoms with Crippen molar-refractivity contribution >= 4 is 56.7 Å². The average molecular weight is 814 g/mol. The first-order valence-corrected chi connectivity index (χ1v) is 24.3. The number of hydrogen-bond donors (Lipinski definition) is 0. The maximum Gasteiger partial charge on any atom is 0.220 e. The molecular formula is C56H51N3OSi. The first kappa shape index (κ1) is 32.6. The predicted octanol–water partition coefficient (Wildman–Crippen LogP) is 11.4. The largest absolute Gasteiger partial charge is 0.457 e. The fourth-order valence-electron chi connectivity index (χ4n) is 11.3. The fourth-order valence-corrected chi connectivity index (χ4v) is 16.2. The van der Waals surface area contributed by atoms with E-state index >= 15 is 0 Å². The number of nitrogens with zero attached hydrogens (tertiary/aromatic N) is 3. The molecule has 7 aromatic carbocycles. The third kappa shape index (κ3) is 5.73. The summed E-state index contributed by atoms with van der Waals surface area (Å²) >= 11 is 0. The van der Waals surface area contributed by atoms with Crippen molar-refractivity contribution in [2.45, 2.75) is 69.5 Å². The summed E-state index contributed by atoms with van der Waals surface area (Å²) in [5, 5.41) is 4.40. The molecule has 0 N–H and O–H groups in total. The summed E-state index contributed by atoms with van der Waals surface area (Å²) in [5.41, 5.74) is 4.69. The molecular weight excluding hydrogens is 759 g/mol. The van der Waals surface area contributed by atoms with Gasteiger partial charge in [0.1, 0.15) is 11.5 Å². The Morgan fingerprint density at radius 1 is 0.557 bits per heavy atom. The molecule has 12 rings (SSSR count). The van der Waals surface area contributed by atoms with Crippen molar-refractivity contribution in [1.82, 2.24) is 14.0 Å². The van der Waals surface area contributed by atoms with Gasteiger partial charge in [-0.15, -0.1) is 0 Å². The molecule has 0 bridgehead atoms. The van der Waals surface area contributed by atoms with E-state index in [0.717, 1.165) is 106 Å². The van der Waals surface area contributed by atoms with Gasteiger partial charge in [-0.2, -0.15) is 0 Å². The van der Waals surface area contributed by atoms with E-state index in [0.29, 0.717) is 22.6 Å². The van der Waals surface area contributed by atoms with Crippen LogP contribution < -0.4 is 25.5 Å². The molecule has 0 unspecified atom stereocenters. The Bertz CT molecular complexity index is 3170. The number of imidazole rings is 2. The summed E-state index contributed by atoms with van der Waals surface area (Å²) in [6.07, 6.45) is 2.85. The van der Waals surface area contributed by atoms with Crippen LogP contribution in [-0.4, -0.2) is 22.0 Å². The van der Waals surface area contributed by atoms with Crippen molar-refractivity contribution in [3.63, 3.8) is 0 Å². The van der Waals surface area contributed by atoms with Crippen LogP contribution >= 0.6 is 0 Å². The topological polar surface area (TPSA) is 31.5 Å². The molecule has 2 saturated carbocycles. The Kier molecular flexibility index (Phi) is 7.89. The summed E-state index contributed by atoms with van der Waals surface area (Å²) in [7, 11) is -3.47. The van der Waals surface area contributed by atoms with E-state index in [1.54, 1.807) is 0 Å². The van der Waals surface area contributed by atoms with Crippen LogP contribution in [0.4, 0.5) is 0 Å². The minimum absolute atomic E-state index is 0.309. The van der Waals surface area contributed by atoms with Crippen molar-refractivity contribution in [3.8, 4) is 17.2 Å². The van der Waals surface area contributed by atoms with E-state index in [-0.39, 0.29) is 11.8 Å². The van der Waals surface area contributed by atoms with E-state index in [4.69, 9.17) is 9.72 Å². The van der Waals surface area contributed by atoms with E-state index < -0.39 is 26.2 Å². The quantitative estimate of drug-likeness (QED) is 0.107. The first-order valence-electron chi connectivity index (χ1n) is 24.3. The molecule has 0 saturated heterocycles. The molecule has 1 aliphatic heterocycles. The zero-order valence-corrected chi connectivity index (χ0v) is 35.3. The normalized spacial score (nSPS) is 18.0. The molecule has 5 heteroatoms. The van der Waals surface area contributed by atoms with Gasteiger partial charge in [-0.3, -0.25) is 8.97 Å². The zero-order chi connectivity index (χ0) is 44.0. The molecule has 3 heterocycles. The van der Waals surface area contributed by atoms with Gasteiger partial charge in [-0.25, -0.2) is 4.98 Å². The summed E-state index contributed by atoms with van der Waals surface area (Å²) in [6, 6.07) is 61.5. The summed E-state index contributed by atoms with van der Waals surface area (Å²) in [5.74, 6) is 1.35. The number of hydrogen-bond acceptors (Lipinski definition) is 2. The lowest BCUT2D eigenvalue weighted by atomic mass is 9.63. The minimum Gasteiger partial charge on any atom is -0.457 e. The molecule has 2 aromatic heterocycles. The molecule has 9 aromatic rings. The number of para-hydroxylation sites is 6. The Morgan fingerprint density at radius 2 is 1.11 bits per heavy atom.